The Balaban J connectivity index is 2.17. The third kappa shape index (κ3) is 3.53. The van der Waals surface area contributed by atoms with Crippen LogP contribution in [0.1, 0.15) is 22.8 Å². The molecular weight excluding hydrogens is 295 g/mol. The highest BCUT2D eigenvalue weighted by molar-refractivity contribution is 6.32. The summed E-state index contributed by atoms with van der Waals surface area (Å²) in [6.07, 6.45) is -0.632. The summed E-state index contributed by atoms with van der Waals surface area (Å²) in [6, 6.07) is 12.3. The second kappa shape index (κ2) is 6.29. The van der Waals surface area contributed by atoms with E-state index in [0.29, 0.717) is 21.4 Å². The number of benzene rings is 2. The lowest BCUT2D eigenvalue weighted by molar-refractivity contribution is 0.0818. The number of ether oxygens (including phenoxy) is 1. The van der Waals surface area contributed by atoms with E-state index >= 15 is 0 Å². The van der Waals surface area contributed by atoms with Crippen molar-refractivity contribution in [2.45, 2.75) is 20.0 Å². The zero-order chi connectivity index (χ0) is 14.7. The normalized spacial score (nSPS) is 12.0. The van der Waals surface area contributed by atoms with Crippen LogP contribution in [0, 0.1) is 6.92 Å². The summed E-state index contributed by atoms with van der Waals surface area (Å²) in [6.45, 7) is 3.63. The molecule has 2 rings (SSSR count). The first-order valence-electron chi connectivity index (χ1n) is 6.20. The molecule has 0 radical (unpaired) electrons. The van der Waals surface area contributed by atoms with E-state index in [1.54, 1.807) is 37.3 Å². The molecule has 104 valence electrons. The van der Waals surface area contributed by atoms with Crippen molar-refractivity contribution in [3.63, 3.8) is 0 Å². The second-order valence-corrected chi connectivity index (χ2v) is 5.41. The van der Waals surface area contributed by atoms with Crippen molar-refractivity contribution in [1.82, 2.24) is 0 Å². The smallest absolute Gasteiger partial charge is 0.203 e. The number of rotatable bonds is 4. The minimum atomic E-state index is -0.632. The van der Waals surface area contributed by atoms with E-state index in [4.69, 9.17) is 27.9 Å². The molecule has 0 saturated carbocycles. The van der Waals surface area contributed by atoms with Crippen molar-refractivity contribution < 1.29 is 9.53 Å². The van der Waals surface area contributed by atoms with Crippen molar-refractivity contribution in [1.29, 1.82) is 0 Å². The average Bonchev–Trinajstić information content (AvgIpc) is 2.42. The number of halogens is 2. The molecule has 2 aromatic carbocycles. The van der Waals surface area contributed by atoms with Gasteiger partial charge in [0.2, 0.25) is 5.78 Å². The van der Waals surface area contributed by atoms with Gasteiger partial charge in [0.15, 0.2) is 6.10 Å². The van der Waals surface area contributed by atoms with Gasteiger partial charge in [0.05, 0.1) is 5.02 Å². The summed E-state index contributed by atoms with van der Waals surface area (Å²) in [5.41, 5.74) is 1.54. The van der Waals surface area contributed by atoms with Gasteiger partial charge in [-0.15, -0.1) is 0 Å². The number of carbonyl (C=O) groups excluding carboxylic acids is 1. The molecule has 0 heterocycles. The lowest BCUT2D eigenvalue weighted by Gasteiger charge is -2.15. The highest BCUT2D eigenvalue weighted by Crippen LogP contribution is 2.27. The van der Waals surface area contributed by atoms with E-state index in [-0.39, 0.29) is 5.78 Å². The van der Waals surface area contributed by atoms with E-state index < -0.39 is 6.10 Å². The molecule has 1 unspecified atom stereocenters. The lowest BCUT2D eigenvalue weighted by Crippen LogP contribution is -2.24. The molecule has 4 heteroatoms. The van der Waals surface area contributed by atoms with Gasteiger partial charge in [-0.1, -0.05) is 41.4 Å². The molecule has 0 aliphatic rings. The average molecular weight is 309 g/mol. The molecule has 0 aromatic heterocycles. The Morgan fingerprint density at radius 2 is 1.90 bits per heavy atom. The fourth-order valence-electron chi connectivity index (χ4n) is 1.82. The van der Waals surface area contributed by atoms with Crippen LogP contribution in [-0.4, -0.2) is 11.9 Å². The largest absolute Gasteiger partial charge is 0.481 e. The van der Waals surface area contributed by atoms with Gasteiger partial charge in [-0.05, 0) is 43.7 Å². The Kier molecular flexibility index (Phi) is 4.69. The molecule has 2 nitrogen and oxygen atoms in total. The monoisotopic (exact) mass is 308 g/mol. The van der Waals surface area contributed by atoms with Crippen LogP contribution < -0.4 is 4.74 Å². The number of hydrogen-bond donors (Lipinski definition) is 0. The zero-order valence-corrected chi connectivity index (χ0v) is 12.7. The predicted molar refractivity (Wildman–Crippen MR) is 82.1 cm³/mol. The van der Waals surface area contributed by atoms with E-state index in [1.807, 2.05) is 19.1 Å². The lowest BCUT2D eigenvalue weighted by atomic mass is 10.1. The summed E-state index contributed by atoms with van der Waals surface area (Å²) < 4.78 is 5.66. The third-order valence-corrected chi connectivity index (χ3v) is 3.42. The maximum atomic E-state index is 12.3. The number of carbonyl (C=O) groups is 1. The third-order valence-electron chi connectivity index (χ3n) is 2.87. The molecule has 2 aromatic rings. The van der Waals surface area contributed by atoms with E-state index in [2.05, 4.69) is 0 Å². The van der Waals surface area contributed by atoms with Crippen LogP contribution in [0.2, 0.25) is 10.0 Å². The summed E-state index contributed by atoms with van der Waals surface area (Å²) in [5.74, 6) is 0.375. The van der Waals surface area contributed by atoms with Gasteiger partial charge in [0.1, 0.15) is 5.75 Å². The number of hydrogen-bond acceptors (Lipinski definition) is 2. The molecule has 0 saturated heterocycles. The van der Waals surface area contributed by atoms with Crippen LogP contribution in [-0.2, 0) is 0 Å². The molecule has 0 amide bonds. The number of Topliss-reactive ketones (excluding diaryl/α,β-unsaturated/α-hetero) is 1. The number of aryl methyl sites for hydroxylation is 1. The number of ketones is 1. The van der Waals surface area contributed by atoms with Crippen LogP contribution in [0.25, 0.3) is 0 Å². The summed E-state index contributed by atoms with van der Waals surface area (Å²) in [7, 11) is 0. The zero-order valence-electron chi connectivity index (χ0n) is 11.2. The maximum Gasteiger partial charge on any atom is 0.203 e. The van der Waals surface area contributed by atoms with Crippen LogP contribution in [0.5, 0.6) is 5.75 Å². The standard InChI is InChI=1S/C16H14Cl2O2/c1-10-6-7-14(18)15(8-10)20-11(2)16(19)12-4-3-5-13(17)9-12/h3-9,11H,1-2H3. The van der Waals surface area contributed by atoms with E-state index in [0.717, 1.165) is 5.56 Å². The van der Waals surface area contributed by atoms with E-state index in [1.165, 1.54) is 0 Å². The topological polar surface area (TPSA) is 26.3 Å². The van der Waals surface area contributed by atoms with Gasteiger partial charge >= 0.3 is 0 Å². The first-order valence-corrected chi connectivity index (χ1v) is 6.95. The van der Waals surface area contributed by atoms with Crippen molar-refractivity contribution in [3.05, 3.63) is 63.6 Å². The first kappa shape index (κ1) is 14.9. The summed E-state index contributed by atoms with van der Waals surface area (Å²) in [5, 5.41) is 1.01. The molecule has 0 spiro atoms. The summed E-state index contributed by atoms with van der Waals surface area (Å²) >= 11 is 11.9. The molecule has 20 heavy (non-hydrogen) atoms. The van der Waals surface area contributed by atoms with Crippen molar-refractivity contribution in [2.75, 3.05) is 0 Å². The van der Waals surface area contributed by atoms with Gasteiger partial charge < -0.3 is 4.74 Å². The Labute approximate surface area is 128 Å². The molecule has 1 atom stereocenters. The Hall–Kier alpha value is -1.51. The minimum absolute atomic E-state index is 0.134. The van der Waals surface area contributed by atoms with E-state index in [9.17, 15) is 4.79 Å². The van der Waals surface area contributed by atoms with Crippen molar-refractivity contribution in [2.24, 2.45) is 0 Å². The molecule has 0 aliphatic carbocycles. The van der Waals surface area contributed by atoms with Gasteiger partial charge in [-0.3, -0.25) is 4.79 Å². The van der Waals surface area contributed by atoms with Crippen molar-refractivity contribution in [3.8, 4) is 5.75 Å². The quantitative estimate of drug-likeness (QED) is 0.747. The van der Waals surface area contributed by atoms with Gasteiger partial charge in [-0.2, -0.15) is 0 Å². The van der Waals surface area contributed by atoms with Crippen LogP contribution >= 0.6 is 23.2 Å². The van der Waals surface area contributed by atoms with Gasteiger partial charge in [0, 0.05) is 10.6 Å². The molecular formula is C16H14Cl2O2. The van der Waals surface area contributed by atoms with Crippen LogP contribution in [0.4, 0.5) is 0 Å². The Morgan fingerprint density at radius 3 is 2.60 bits per heavy atom. The first-order chi connectivity index (χ1) is 9.47. The van der Waals surface area contributed by atoms with Crippen LogP contribution in [0.15, 0.2) is 42.5 Å². The molecule has 0 bridgehead atoms. The fraction of sp³-hybridized carbons (Fsp3) is 0.188. The summed E-state index contributed by atoms with van der Waals surface area (Å²) in [4.78, 5) is 12.3. The minimum Gasteiger partial charge on any atom is -0.481 e. The van der Waals surface area contributed by atoms with Crippen LogP contribution in [0.3, 0.4) is 0 Å². The predicted octanol–water partition coefficient (Wildman–Crippen LogP) is 4.95. The molecule has 0 aliphatic heterocycles. The highest BCUT2D eigenvalue weighted by atomic mass is 35.5. The highest BCUT2D eigenvalue weighted by Gasteiger charge is 2.18. The Bertz CT molecular complexity index is 638. The maximum absolute atomic E-state index is 12.3. The Morgan fingerprint density at radius 1 is 1.15 bits per heavy atom. The molecule has 0 fully saturated rings. The fourth-order valence-corrected chi connectivity index (χ4v) is 2.17. The van der Waals surface area contributed by atoms with Crippen molar-refractivity contribution >= 4 is 29.0 Å². The second-order valence-electron chi connectivity index (χ2n) is 4.57. The SMILES string of the molecule is Cc1ccc(Cl)c(OC(C)C(=O)c2cccc(Cl)c2)c1. The van der Waals surface area contributed by atoms with Gasteiger partial charge in [-0.25, -0.2) is 0 Å². The molecule has 0 N–H and O–H groups in total. The van der Waals surface area contributed by atoms with Gasteiger partial charge in [0.25, 0.3) is 0 Å².